The SMILES string of the molecule is CCOC(=O)c1c(C)[nH]c(C(=O)OCC(=O)Nc2ccc(F)c([N+](=O)[O-])c2)c1C. The number of nitrogens with zero attached hydrogens (tertiary/aromatic N) is 1. The maximum atomic E-state index is 13.3. The molecule has 0 spiro atoms. The van der Waals surface area contributed by atoms with Crippen LogP contribution in [0.25, 0.3) is 0 Å². The van der Waals surface area contributed by atoms with Crippen LogP contribution >= 0.6 is 0 Å². The van der Waals surface area contributed by atoms with Gasteiger partial charge in [0.25, 0.3) is 5.91 Å². The van der Waals surface area contributed by atoms with Gasteiger partial charge in [0.1, 0.15) is 5.69 Å². The zero-order valence-electron chi connectivity index (χ0n) is 15.8. The molecule has 0 atom stereocenters. The van der Waals surface area contributed by atoms with E-state index in [9.17, 15) is 28.9 Å². The van der Waals surface area contributed by atoms with Crippen LogP contribution in [0.3, 0.4) is 0 Å². The highest BCUT2D eigenvalue weighted by molar-refractivity contribution is 5.99. The first-order chi connectivity index (χ1) is 13.6. The van der Waals surface area contributed by atoms with Gasteiger partial charge >= 0.3 is 17.6 Å². The lowest BCUT2D eigenvalue weighted by Gasteiger charge is -2.07. The number of nitrogens with one attached hydrogen (secondary N) is 2. The highest BCUT2D eigenvalue weighted by Crippen LogP contribution is 2.22. The normalized spacial score (nSPS) is 10.3. The van der Waals surface area contributed by atoms with Crippen molar-refractivity contribution in [1.82, 2.24) is 4.98 Å². The number of aromatic nitrogens is 1. The van der Waals surface area contributed by atoms with Gasteiger partial charge < -0.3 is 19.8 Å². The van der Waals surface area contributed by atoms with Crippen LogP contribution in [0.15, 0.2) is 18.2 Å². The smallest absolute Gasteiger partial charge is 0.355 e. The van der Waals surface area contributed by atoms with Crippen molar-refractivity contribution in [2.24, 2.45) is 0 Å². The molecule has 0 saturated carbocycles. The summed E-state index contributed by atoms with van der Waals surface area (Å²) in [5.74, 6) is -3.30. The molecule has 1 heterocycles. The number of ether oxygens (including phenoxy) is 2. The Kier molecular flexibility index (Phi) is 6.65. The van der Waals surface area contributed by atoms with E-state index in [-0.39, 0.29) is 23.6 Å². The molecule has 0 unspecified atom stereocenters. The molecule has 1 amide bonds. The fraction of sp³-hybridized carbons (Fsp3) is 0.278. The van der Waals surface area contributed by atoms with Crippen LogP contribution in [0.4, 0.5) is 15.8 Å². The van der Waals surface area contributed by atoms with Crippen molar-refractivity contribution in [1.29, 1.82) is 0 Å². The van der Waals surface area contributed by atoms with E-state index >= 15 is 0 Å². The van der Waals surface area contributed by atoms with E-state index in [0.717, 1.165) is 18.2 Å². The molecule has 29 heavy (non-hydrogen) atoms. The summed E-state index contributed by atoms with van der Waals surface area (Å²) in [7, 11) is 0. The van der Waals surface area contributed by atoms with Crippen molar-refractivity contribution in [2.75, 3.05) is 18.5 Å². The fourth-order valence-corrected chi connectivity index (χ4v) is 2.59. The van der Waals surface area contributed by atoms with Gasteiger partial charge in [-0.3, -0.25) is 14.9 Å². The zero-order chi connectivity index (χ0) is 21.7. The summed E-state index contributed by atoms with van der Waals surface area (Å²) in [4.78, 5) is 48.6. The summed E-state index contributed by atoms with van der Waals surface area (Å²) >= 11 is 0. The van der Waals surface area contributed by atoms with Gasteiger partial charge in [-0.1, -0.05) is 0 Å². The van der Waals surface area contributed by atoms with Crippen molar-refractivity contribution in [3.05, 3.63) is 56.6 Å². The van der Waals surface area contributed by atoms with Crippen LogP contribution in [-0.2, 0) is 14.3 Å². The molecular formula is C18H18FN3O7. The van der Waals surface area contributed by atoms with Gasteiger partial charge in [-0.2, -0.15) is 4.39 Å². The Hall–Kier alpha value is -3.76. The maximum absolute atomic E-state index is 13.3. The number of aromatic amines is 1. The number of carbonyl (C=O) groups excluding carboxylic acids is 3. The number of aryl methyl sites for hydroxylation is 1. The predicted molar refractivity (Wildman–Crippen MR) is 98.2 cm³/mol. The Morgan fingerprint density at radius 1 is 1.21 bits per heavy atom. The van der Waals surface area contributed by atoms with Crippen molar-refractivity contribution in [3.63, 3.8) is 0 Å². The number of nitro groups is 1. The molecule has 2 N–H and O–H groups in total. The molecule has 10 nitrogen and oxygen atoms in total. The van der Waals surface area contributed by atoms with Crippen molar-refractivity contribution in [3.8, 4) is 0 Å². The van der Waals surface area contributed by atoms with Gasteiger partial charge in [-0.15, -0.1) is 0 Å². The number of hydrogen-bond acceptors (Lipinski definition) is 7. The summed E-state index contributed by atoms with van der Waals surface area (Å²) in [6.07, 6.45) is 0. The molecule has 0 saturated heterocycles. The quantitative estimate of drug-likeness (QED) is 0.408. The summed E-state index contributed by atoms with van der Waals surface area (Å²) < 4.78 is 23.2. The number of rotatable bonds is 7. The number of hydrogen-bond donors (Lipinski definition) is 2. The van der Waals surface area contributed by atoms with Crippen LogP contribution in [-0.4, -0.2) is 41.0 Å². The summed E-state index contributed by atoms with van der Waals surface area (Å²) in [6, 6.07) is 2.81. The number of anilines is 1. The van der Waals surface area contributed by atoms with Crippen LogP contribution in [0.1, 0.15) is 39.0 Å². The molecule has 2 rings (SSSR count). The Morgan fingerprint density at radius 2 is 1.90 bits per heavy atom. The third-order valence-electron chi connectivity index (χ3n) is 3.88. The van der Waals surface area contributed by atoms with Gasteiger partial charge in [0, 0.05) is 17.4 Å². The number of amides is 1. The van der Waals surface area contributed by atoms with Crippen molar-refractivity contribution >= 4 is 29.2 Å². The lowest BCUT2D eigenvalue weighted by atomic mass is 10.1. The minimum atomic E-state index is -1.05. The molecular weight excluding hydrogens is 389 g/mol. The Bertz CT molecular complexity index is 984. The summed E-state index contributed by atoms with van der Waals surface area (Å²) in [5, 5.41) is 13.0. The highest BCUT2D eigenvalue weighted by Gasteiger charge is 2.24. The van der Waals surface area contributed by atoms with Crippen molar-refractivity contribution < 1.29 is 33.2 Å². The van der Waals surface area contributed by atoms with E-state index in [1.807, 2.05) is 0 Å². The first-order valence-corrected chi connectivity index (χ1v) is 8.42. The number of carbonyl (C=O) groups is 3. The predicted octanol–water partition coefficient (Wildman–Crippen LogP) is 2.65. The molecule has 0 aliphatic carbocycles. The average Bonchev–Trinajstić information content (AvgIpc) is 2.95. The molecule has 1 aromatic heterocycles. The Morgan fingerprint density at radius 3 is 2.52 bits per heavy atom. The lowest BCUT2D eigenvalue weighted by molar-refractivity contribution is -0.387. The molecule has 0 radical (unpaired) electrons. The van der Waals surface area contributed by atoms with Gasteiger partial charge in [0.15, 0.2) is 6.61 Å². The second-order valence-electron chi connectivity index (χ2n) is 5.89. The highest BCUT2D eigenvalue weighted by atomic mass is 19.1. The average molecular weight is 407 g/mol. The fourth-order valence-electron chi connectivity index (χ4n) is 2.59. The number of benzene rings is 1. The Balaban J connectivity index is 2.03. The van der Waals surface area contributed by atoms with Crippen LogP contribution in [0, 0.1) is 29.8 Å². The van der Waals surface area contributed by atoms with Gasteiger partial charge in [-0.05, 0) is 38.5 Å². The van der Waals surface area contributed by atoms with Gasteiger partial charge in [0.2, 0.25) is 5.82 Å². The van der Waals surface area contributed by atoms with E-state index in [1.54, 1.807) is 13.8 Å². The third kappa shape index (κ3) is 4.94. The minimum Gasteiger partial charge on any atom is -0.462 e. The van der Waals surface area contributed by atoms with Crippen LogP contribution in [0.5, 0.6) is 0 Å². The van der Waals surface area contributed by atoms with Gasteiger partial charge in [0.05, 0.1) is 17.1 Å². The van der Waals surface area contributed by atoms with E-state index in [0.29, 0.717) is 11.3 Å². The number of nitro benzene ring substituents is 1. The largest absolute Gasteiger partial charge is 0.462 e. The molecule has 0 bridgehead atoms. The first-order valence-electron chi connectivity index (χ1n) is 8.42. The minimum absolute atomic E-state index is 0.00391. The number of halogens is 1. The summed E-state index contributed by atoms with van der Waals surface area (Å²) in [5.41, 5.74) is 0.105. The van der Waals surface area contributed by atoms with Crippen LogP contribution < -0.4 is 5.32 Å². The second-order valence-corrected chi connectivity index (χ2v) is 5.89. The van der Waals surface area contributed by atoms with E-state index in [4.69, 9.17) is 9.47 Å². The van der Waals surface area contributed by atoms with E-state index in [2.05, 4.69) is 10.3 Å². The molecule has 2 aromatic rings. The third-order valence-corrected chi connectivity index (χ3v) is 3.88. The molecule has 0 aliphatic rings. The van der Waals surface area contributed by atoms with Crippen LogP contribution in [0.2, 0.25) is 0 Å². The van der Waals surface area contributed by atoms with Crippen molar-refractivity contribution in [2.45, 2.75) is 20.8 Å². The maximum Gasteiger partial charge on any atom is 0.355 e. The molecule has 11 heteroatoms. The molecule has 0 aliphatic heterocycles. The topological polar surface area (TPSA) is 141 Å². The monoisotopic (exact) mass is 407 g/mol. The standard InChI is InChI=1S/C18H18FN3O7/c1-4-28-17(24)15-9(2)16(20-10(15)3)18(25)29-8-14(23)21-11-5-6-12(19)13(7-11)22(26)27/h5-7,20H,4,8H2,1-3H3,(H,21,23). The number of H-pyrrole nitrogens is 1. The molecule has 0 fully saturated rings. The number of esters is 2. The van der Waals surface area contributed by atoms with E-state index < -0.39 is 40.9 Å². The summed E-state index contributed by atoms with van der Waals surface area (Å²) in [6.45, 7) is 4.24. The molecule has 1 aromatic carbocycles. The van der Waals surface area contributed by atoms with Gasteiger partial charge in [-0.25, -0.2) is 9.59 Å². The lowest BCUT2D eigenvalue weighted by Crippen LogP contribution is -2.21. The van der Waals surface area contributed by atoms with E-state index in [1.165, 1.54) is 6.92 Å². The first kappa shape index (κ1) is 21.5. The second kappa shape index (κ2) is 8.95. The zero-order valence-corrected chi connectivity index (χ0v) is 15.8. The molecule has 154 valence electrons. The Labute approximate surface area is 164 Å².